The van der Waals surface area contributed by atoms with Crippen molar-refractivity contribution >= 4 is 48.2 Å². The Kier molecular flexibility index (Phi) is 9.30. The molecule has 1 amide bonds. The molecule has 8 heteroatoms. The molecule has 0 saturated heterocycles. The molecule has 0 aliphatic carbocycles. The summed E-state index contributed by atoms with van der Waals surface area (Å²) in [6.07, 6.45) is 0.695. The van der Waals surface area contributed by atoms with Crippen molar-refractivity contribution in [2.75, 3.05) is 20.3 Å². The Morgan fingerprint density at radius 3 is 2.43 bits per heavy atom. The van der Waals surface area contributed by atoms with Crippen LogP contribution in [0.2, 0.25) is 28.2 Å². The van der Waals surface area contributed by atoms with E-state index in [9.17, 15) is 10.1 Å². The van der Waals surface area contributed by atoms with Gasteiger partial charge in [0.05, 0.1) is 28.3 Å². The summed E-state index contributed by atoms with van der Waals surface area (Å²) in [5, 5.41) is 15.3. The highest BCUT2D eigenvalue weighted by Crippen LogP contribution is 2.37. The third kappa shape index (κ3) is 6.66. The summed E-state index contributed by atoms with van der Waals surface area (Å²) < 4.78 is 11.9. The number of ether oxygens (including phenoxy) is 1. The normalized spacial score (nSPS) is 12.7. The molecule has 0 heterocycles. The van der Waals surface area contributed by atoms with Crippen LogP contribution >= 0.6 is 23.2 Å². The number of carbonyl (C=O) groups is 1. The first-order valence-corrected chi connectivity index (χ1v) is 15.9. The molecular weight excluding hydrogens is 523 g/mol. The summed E-state index contributed by atoms with van der Waals surface area (Å²) in [4.78, 5) is 13.6. The van der Waals surface area contributed by atoms with Gasteiger partial charge in [-0.15, -0.1) is 0 Å². The Hall–Kier alpha value is -2.56. The first-order valence-electron chi connectivity index (χ1n) is 12.3. The van der Waals surface area contributed by atoms with Crippen molar-refractivity contribution in [3.63, 3.8) is 0 Å². The van der Waals surface area contributed by atoms with Gasteiger partial charge in [0.25, 0.3) is 5.91 Å². The average molecular weight is 558 g/mol. The zero-order valence-corrected chi connectivity index (χ0v) is 24.8. The fourth-order valence-electron chi connectivity index (χ4n) is 3.98. The maximum absolute atomic E-state index is 13.6. The van der Waals surface area contributed by atoms with E-state index in [4.69, 9.17) is 32.4 Å². The molecule has 3 rings (SSSR count). The fraction of sp³-hybridized carbons (Fsp3) is 0.379. The predicted octanol–water partition coefficient (Wildman–Crippen LogP) is 7.95. The van der Waals surface area contributed by atoms with Crippen molar-refractivity contribution in [3.8, 4) is 11.8 Å². The molecule has 0 bridgehead atoms. The lowest BCUT2D eigenvalue weighted by Crippen LogP contribution is -2.41. The number of amides is 1. The van der Waals surface area contributed by atoms with E-state index in [1.54, 1.807) is 12.1 Å². The molecule has 5 nitrogen and oxygen atoms in total. The number of nitrogens with one attached hydrogen (secondary N) is 1. The van der Waals surface area contributed by atoms with E-state index in [0.717, 1.165) is 16.3 Å². The van der Waals surface area contributed by atoms with Crippen molar-refractivity contribution < 1.29 is 14.0 Å². The first-order chi connectivity index (χ1) is 17.4. The Morgan fingerprint density at radius 2 is 1.81 bits per heavy atom. The van der Waals surface area contributed by atoms with Crippen LogP contribution in [-0.2, 0) is 4.43 Å². The molecule has 0 radical (unpaired) electrons. The van der Waals surface area contributed by atoms with E-state index < -0.39 is 8.32 Å². The first kappa shape index (κ1) is 29.0. The van der Waals surface area contributed by atoms with Crippen LogP contribution in [0.5, 0.6) is 5.75 Å². The standard InChI is InChI=1S/C29H34Cl2N2O3Si/c1-29(2,3)37(5,6)36-14-13-21(19-11-12-24(30)25(31)16-19)18-33-28(34)26-23-10-8-7-9-20(23)15-22(17-32)27(26)35-4/h7-12,15-16,21H,13-14,18H2,1-6H3,(H,33,34). The quantitative estimate of drug-likeness (QED) is 0.271. The van der Waals surface area contributed by atoms with Crippen molar-refractivity contribution in [1.82, 2.24) is 5.32 Å². The van der Waals surface area contributed by atoms with E-state index in [1.807, 2.05) is 36.4 Å². The zero-order chi connectivity index (χ0) is 27.4. The number of fused-ring (bicyclic) bond motifs is 1. The minimum atomic E-state index is -1.93. The van der Waals surface area contributed by atoms with Crippen LogP contribution in [-0.4, -0.2) is 34.5 Å². The second kappa shape index (κ2) is 11.9. The summed E-state index contributed by atoms with van der Waals surface area (Å²) in [7, 11) is -0.454. The number of nitriles is 1. The number of rotatable bonds is 9. The Balaban J connectivity index is 1.89. The number of carbonyl (C=O) groups excluding carboxylic acids is 1. The van der Waals surface area contributed by atoms with Gasteiger partial charge in [-0.05, 0) is 59.1 Å². The van der Waals surface area contributed by atoms with Crippen LogP contribution in [0.1, 0.15) is 54.6 Å². The smallest absolute Gasteiger partial charge is 0.255 e. The topological polar surface area (TPSA) is 71.3 Å². The number of benzene rings is 3. The highest BCUT2D eigenvalue weighted by Gasteiger charge is 2.37. The van der Waals surface area contributed by atoms with E-state index in [1.165, 1.54) is 7.11 Å². The van der Waals surface area contributed by atoms with Gasteiger partial charge >= 0.3 is 0 Å². The lowest BCUT2D eigenvalue weighted by Gasteiger charge is -2.36. The molecule has 1 unspecified atom stereocenters. The van der Waals surface area contributed by atoms with Crippen LogP contribution < -0.4 is 10.1 Å². The highest BCUT2D eigenvalue weighted by atomic mass is 35.5. The van der Waals surface area contributed by atoms with Crippen molar-refractivity contribution in [3.05, 3.63) is 75.3 Å². The van der Waals surface area contributed by atoms with Gasteiger partial charge in [0.15, 0.2) is 8.32 Å². The maximum atomic E-state index is 13.6. The molecule has 37 heavy (non-hydrogen) atoms. The zero-order valence-electron chi connectivity index (χ0n) is 22.2. The Bertz CT molecular complexity index is 1330. The molecule has 0 saturated carbocycles. The van der Waals surface area contributed by atoms with Crippen LogP contribution in [0.3, 0.4) is 0 Å². The van der Waals surface area contributed by atoms with Gasteiger partial charge in [0.1, 0.15) is 11.8 Å². The summed E-state index contributed by atoms with van der Waals surface area (Å²) in [6.45, 7) is 12.0. The summed E-state index contributed by atoms with van der Waals surface area (Å²) in [6, 6.07) is 16.9. The lowest BCUT2D eigenvalue weighted by molar-refractivity contribution is 0.0948. The summed E-state index contributed by atoms with van der Waals surface area (Å²) in [5.74, 6) is -0.0912. The molecule has 0 aliphatic rings. The lowest BCUT2D eigenvalue weighted by atomic mass is 9.95. The van der Waals surface area contributed by atoms with Crippen molar-refractivity contribution in [1.29, 1.82) is 5.26 Å². The van der Waals surface area contributed by atoms with E-state index in [-0.39, 0.29) is 22.6 Å². The van der Waals surface area contributed by atoms with Gasteiger partial charge in [-0.25, -0.2) is 0 Å². The van der Waals surface area contributed by atoms with Gasteiger partial charge in [0, 0.05) is 19.1 Å². The molecule has 1 N–H and O–H groups in total. The van der Waals surface area contributed by atoms with Crippen LogP contribution in [0.15, 0.2) is 48.5 Å². The molecule has 0 fully saturated rings. The maximum Gasteiger partial charge on any atom is 0.255 e. The van der Waals surface area contributed by atoms with Gasteiger partial charge in [-0.2, -0.15) is 5.26 Å². The van der Waals surface area contributed by atoms with E-state index in [2.05, 4.69) is 45.3 Å². The fourth-order valence-corrected chi connectivity index (χ4v) is 5.35. The summed E-state index contributed by atoms with van der Waals surface area (Å²) in [5.41, 5.74) is 1.63. The molecule has 3 aromatic rings. The summed E-state index contributed by atoms with van der Waals surface area (Å²) >= 11 is 12.5. The third-order valence-electron chi connectivity index (χ3n) is 7.21. The predicted molar refractivity (Wildman–Crippen MR) is 155 cm³/mol. The number of hydrogen-bond donors (Lipinski definition) is 1. The molecule has 3 aromatic carbocycles. The highest BCUT2D eigenvalue weighted by molar-refractivity contribution is 6.74. The van der Waals surface area contributed by atoms with Gasteiger partial charge in [-0.1, -0.05) is 74.3 Å². The largest absolute Gasteiger partial charge is 0.495 e. The Morgan fingerprint density at radius 1 is 1.11 bits per heavy atom. The van der Waals surface area contributed by atoms with Gasteiger partial charge in [0.2, 0.25) is 0 Å². The van der Waals surface area contributed by atoms with Crippen molar-refractivity contribution in [2.45, 2.75) is 51.2 Å². The van der Waals surface area contributed by atoms with E-state index in [0.29, 0.717) is 40.7 Å². The Labute approximate surface area is 230 Å². The molecule has 0 spiro atoms. The minimum Gasteiger partial charge on any atom is -0.495 e. The average Bonchev–Trinajstić information content (AvgIpc) is 2.85. The molecule has 1 atom stereocenters. The number of hydrogen-bond acceptors (Lipinski definition) is 4. The minimum absolute atomic E-state index is 0.0557. The third-order valence-corrected chi connectivity index (χ3v) is 12.5. The second-order valence-corrected chi connectivity index (χ2v) is 16.3. The molecular formula is C29H34Cl2N2O3Si. The van der Waals surface area contributed by atoms with Crippen LogP contribution in [0.4, 0.5) is 0 Å². The number of methoxy groups -OCH3 is 1. The number of nitrogens with zero attached hydrogens (tertiary/aromatic N) is 1. The SMILES string of the molecule is COc1c(C#N)cc2ccccc2c1C(=O)NCC(CCO[Si](C)(C)C(C)(C)C)c1ccc(Cl)c(Cl)c1. The molecule has 0 aliphatic heterocycles. The second-order valence-electron chi connectivity index (χ2n) is 10.6. The van der Waals surface area contributed by atoms with Crippen LogP contribution in [0, 0.1) is 11.3 Å². The van der Waals surface area contributed by atoms with E-state index >= 15 is 0 Å². The number of halogens is 2. The molecule has 196 valence electrons. The van der Waals surface area contributed by atoms with Gasteiger partial charge < -0.3 is 14.5 Å². The molecule has 0 aromatic heterocycles. The van der Waals surface area contributed by atoms with Crippen molar-refractivity contribution in [2.24, 2.45) is 0 Å². The van der Waals surface area contributed by atoms with Crippen LogP contribution in [0.25, 0.3) is 10.8 Å². The monoisotopic (exact) mass is 556 g/mol. The van der Waals surface area contributed by atoms with Gasteiger partial charge in [-0.3, -0.25) is 4.79 Å².